The summed E-state index contributed by atoms with van der Waals surface area (Å²) in [5, 5.41) is 15.2. The minimum absolute atomic E-state index is 0.180. The monoisotopic (exact) mass is 363 g/mol. The van der Waals surface area contributed by atoms with Crippen molar-refractivity contribution in [2.45, 2.75) is 32.8 Å². The molecule has 138 valence electrons. The number of rotatable bonds is 4. The molecule has 5 heteroatoms. The molecule has 0 spiro atoms. The minimum Gasteiger partial charge on any atom is -0.387 e. The maximum atomic E-state index is 13.2. The van der Waals surface area contributed by atoms with E-state index >= 15 is 0 Å². The normalized spacial score (nSPS) is 20.1. The van der Waals surface area contributed by atoms with Crippen LogP contribution in [0.1, 0.15) is 43.3 Å². The van der Waals surface area contributed by atoms with Crippen molar-refractivity contribution >= 4 is 6.08 Å². The van der Waals surface area contributed by atoms with E-state index in [1.807, 2.05) is 29.1 Å². The largest absolute Gasteiger partial charge is 0.387 e. The number of aliphatic hydroxyl groups excluding tert-OH is 1. The third-order valence-electron chi connectivity index (χ3n) is 5.52. The van der Waals surface area contributed by atoms with Crippen LogP contribution in [0, 0.1) is 11.2 Å². The molecule has 0 fully saturated rings. The summed E-state index contributed by atoms with van der Waals surface area (Å²) in [6.45, 7) is 4.26. The fraction of sp³-hybridized carbons (Fsp3) is 0.273. The highest BCUT2D eigenvalue weighted by Crippen LogP contribution is 2.44. The molecule has 3 aromatic rings. The van der Waals surface area contributed by atoms with Crippen LogP contribution in [0.3, 0.4) is 0 Å². The van der Waals surface area contributed by atoms with Crippen LogP contribution < -0.4 is 0 Å². The van der Waals surface area contributed by atoms with Gasteiger partial charge in [-0.15, -0.1) is 0 Å². The van der Waals surface area contributed by atoms with Gasteiger partial charge in [-0.05, 0) is 73.2 Å². The summed E-state index contributed by atoms with van der Waals surface area (Å²) in [5.74, 6) is -0.261. The summed E-state index contributed by atoms with van der Waals surface area (Å²) in [4.78, 5) is 4.28. The van der Waals surface area contributed by atoms with Crippen LogP contribution in [-0.4, -0.2) is 19.9 Å². The van der Waals surface area contributed by atoms with Crippen LogP contribution in [-0.2, 0) is 6.42 Å². The Morgan fingerprint density at radius 2 is 2.00 bits per heavy atom. The molecular formula is C22H22FN3O. The average molecular weight is 363 g/mol. The van der Waals surface area contributed by atoms with E-state index in [9.17, 15) is 9.50 Å². The second-order valence-electron chi connectivity index (χ2n) is 7.48. The Bertz CT molecular complexity index is 979. The molecule has 0 amide bonds. The maximum absolute atomic E-state index is 13.2. The Balaban J connectivity index is 1.63. The van der Waals surface area contributed by atoms with Crippen molar-refractivity contribution in [3.63, 3.8) is 0 Å². The molecule has 27 heavy (non-hydrogen) atoms. The number of halogens is 1. The number of aromatic nitrogens is 3. The lowest BCUT2D eigenvalue weighted by Gasteiger charge is -2.35. The maximum Gasteiger partial charge on any atom is 0.123 e. The molecule has 0 saturated carbocycles. The summed E-state index contributed by atoms with van der Waals surface area (Å²) >= 11 is 0. The molecule has 4 nitrogen and oxygen atoms in total. The van der Waals surface area contributed by atoms with Crippen molar-refractivity contribution in [2.24, 2.45) is 5.41 Å². The van der Waals surface area contributed by atoms with E-state index in [1.54, 1.807) is 18.3 Å². The van der Waals surface area contributed by atoms with E-state index in [2.05, 4.69) is 30.0 Å². The van der Waals surface area contributed by atoms with Gasteiger partial charge in [0, 0.05) is 6.20 Å². The SMILES string of the molecule is CC1=Cc2c(cnn2-c2ccc(F)cc2)C[C@]1(C)CC(O)c1ccccn1. The number of pyridine rings is 1. The molecule has 2 atom stereocenters. The lowest BCUT2D eigenvalue weighted by atomic mass is 9.70. The van der Waals surface area contributed by atoms with Gasteiger partial charge in [0.15, 0.2) is 0 Å². The second-order valence-corrected chi connectivity index (χ2v) is 7.48. The molecule has 2 heterocycles. The van der Waals surface area contributed by atoms with Crippen molar-refractivity contribution in [3.8, 4) is 5.69 Å². The van der Waals surface area contributed by atoms with Crippen LogP contribution in [0.5, 0.6) is 0 Å². The molecular weight excluding hydrogens is 341 g/mol. The van der Waals surface area contributed by atoms with E-state index in [4.69, 9.17) is 0 Å². The molecule has 0 saturated heterocycles. The van der Waals surface area contributed by atoms with Crippen LogP contribution in [0.4, 0.5) is 4.39 Å². The van der Waals surface area contributed by atoms with Crippen molar-refractivity contribution in [2.75, 3.05) is 0 Å². The smallest absolute Gasteiger partial charge is 0.123 e. The van der Waals surface area contributed by atoms with Gasteiger partial charge in [0.2, 0.25) is 0 Å². The van der Waals surface area contributed by atoms with Crippen molar-refractivity contribution in [1.82, 2.24) is 14.8 Å². The first-order chi connectivity index (χ1) is 13.0. The summed E-state index contributed by atoms with van der Waals surface area (Å²) in [6.07, 6.45) is 6.46. The lowest BCUT2D eigenvalue weighted by molar-refractivity contribution is 0.117. The zero-order valence-corrected chi connectivity index (χ0v) is 15.4. The van der Waals surface area contributed by atoms with Crippen molar-refractivity contribution < 1.29 is 9.50 Å². The number of fused-ring (bicyclic) bond motifs is 1. The zero-order chi connectivity index (χ0) is 19.0. The minimum atomic E-state index is -0.617. The Labute approximate surface area is 158 Å². The molecule has 1 aromatic carbocycles. The predicted molar refractivity (Wildman–Crippen MR) is 103 cm³/mol. The molecule has 0 bridgehead atoms. The first-order valence-corrected chi connectivity index (χ1v) is 9.07. The number of benzene rings is 1. The molecule has 1 aliphatic carbocycles. The number of hydrogen-bond donors (Lipinski definition) is 1. The van der Waals surface area contributed by atoms with Gasteiger partial charge in [-0.1, -0.05) is 18.6 Å². The molecule has 1 N–H and O–H groups in total. The Kier molecular flexibility index (Phi) is 4.40. The van der Waals surface area contributed by atoms with E-state index in [1.165, 1.54) is 17.7 Å². The summed E-state index contributed by atoms with van der Waals surface area (Å²) in [5.41, 5.74) is 4.68. The van der Waals surface area contributed by atoms with Gasteiger partial charge in [0.1, 0.15) is 5.82 Å². The topological polar surface area (TPSA) is 50.9 Å². The predicted octanol–water partition coefficient (Wildman–Crippen LogP) is 4.50. The van der Waals surface area contributed by atoms with Crippen LogP contribution in [0.25, 0.3) is 11.8 Å². The molecule has 0 radical (unpaired) electrons. The summed E-state index contributed by atoms with van der Waals surface area (Å²) < 4.78 is 15.1. The van der Waals surface area contributed by atoms with E-state index in [0.717, 1.165) is 23.4 Å². The van der Waals surface area contributed by atoms with Gasteiger partial charge in [-0.2, -0.15) is 5.10 Å². The third-order valence-corrected chi connectivity index (χ3v) is 5.52. The molecule has 4 rings (SSSR count). The third kappa shape index (κ3) is 3.30. The molecule has 2 aromatic heterocycles. The summed E-state index contributed by atoms with van der Waals surface area (Å²) in [7, 11) is 0. The lowest BCUT2D eigenvalue weighted by Crippen LogP contribution is -2.27. The van der Waals surface area contributed by atoms with Gasteiger partial charge >= 0.3 is 0 Å². The van der Waals surface area contributed by atoms with E-state index in [-0.39, 0.29) is 11.2 Å². The highest BCUT2D eigenvalue weighted by molar-refractivity contribution is 5.60. The van der Waals surface area contributed by atoms with E-state index in [0.29, 0.717) is 12.1 Å². The molecule has 1 aliphatic rings. The number of allylic oxidation sites excluding steroid dienone is 1. The quantitative estimate of drug-likeness (QED) is 0.743. The second kappa shape index (κ2) is 6.74. The molecule has 1 unspecified atom stereocenters. The Morgan fingerprint density at radius 1 is 1.22 bits per heavy atom. The zero-order valence-electron chi connectivity index (χ0n) is 15.4. The van der Waals surface area contributed by atoms with E-state index < -0.39 is 6.10 Å². The average Bonchev–Trinajstić information content (AvgIpc) is 3.05. The first kappa shape index (κ1) is 17.6. The van der Waals surface area contributed by atoms with Gasteiger partial charge in [-0.3, -0.25) is 4.98 Å². The molecule has 0 aliphatic heterocycles. The number of aliphatic hydroxyl groups is 1. The Morgan fingerprint density at radius 3 is 2.70 bits per heavy atom. The highest BCUT2D eigenvalue weighted by atomic mass is 19.1. The fourth-order valence-corrected chi connectivity index (χ4v) is 3.75. The highest BCUT2D eigenvalue weighted by Gasteiger charge is 2.35. The van der Waals surface area contributed by atoms with Crippen LogP contribution in [0.15, 0.2) is 60.4 Å². The van der Waals surface area contributed by atoms with Gasteiger partial charge < -0.3 is 5.11 Å². The van der Waals surface area contributed by atoms with Crippen molar-refractivity contribution in [1.29, 1.82) is 0 Å². The Hall–Kier alpha value is -2.79. The first-order valence-electron chi connectivity index (χ1n) is 9.07. The fourth-order valence-electron chi connectivity index (χ4n) is 3.75. The van der Waals surface area contributed by atoms with Gasteiger partial charge in [-0.25, -0.2) is 9.07 Å². The van der Waals surface area contributed by atoms with Crippen molar-refractivity contribution in [3.05, 3.63) is 83.2 Å². The van der Waals surface area contributed by atoms with Crippen LogP contribution in [0.2, 0.25) is 0 Å². The summed E-state index contributed by atoms with van der Waals surface area (Å²) in [6, 6.07) is 11.9. The van der Waals surface area contributed by atoms with Gasteiger partial charge in [0.05, 0.1) is 29.4 Å². The number of nitrogens with zero attached hydrogens (tertiary/aromatic N) is 3. The number of hydrogen-bond acceptors (Lipinski definition) is 3. The van der Waals surface area contributed by atoms with Crippen LogP contribution >= 0.6 is 0 Å². The van der Waals surface area contributed by atoms with Gasteiger partial charge in [0.25, 0.3) is 0 Å². The standard InChI is InChI=1S/C22H22FN3O/c1-15-11-20-16(14-25-26(20)18-8-6-17(23)7-9-18)12-22(15,2)13-21(27)19-5-3-4-10-24-19/h3-11,14,21,27H,12-13H2,1-2H3/t21?,22-/m1/s1.